The minimum atomic E-state index is -1.07. The lowest BCUT2D eigenvalue weighted by Gasteiger charge is -2.27. The first kappa shape index (κ1) is 30.9. The maximum atomic E-state index is 14.5. The molecule has 2 N–H and O–H groups in total. The third-order valence-corrected chi connectivity index (χ3v) is 8.38. The van der Waals surface area contributed by atoms with E-state index >= 15 is 0 Å². The van der Waals surface area contributed by atoms with Gasteiger partial charge in [-0.05, 0) is 74.1 Å². The number of fused-ring (bicyclic) bond motifs is 2. The van der Waals surface area contributed by atoms with Gasteiger partial charge in [-0.25, -0.2) is 0 Å². The van der Waals surface area contributed by atoms with E-state index in [-0.39, 0.29) is 30.7 Å². The normalized spacial score (nSPS) is 15.4. The zero-order valence-electron chi connectivity index (χ0n) is 24.9. The Morgan fingerprint density at radius 2 is 1.70 bits per heavy atom. The number of hydrogen-bond acceptors (Lipinski definition) is 6. The number of methoxy groups -OCH3 is 1. The molecule has 0 spiro atoms. The number of nitrogens with zero attached hydrogens (tertiary/aromatic N) is 2. The van der Waals surface area contributed by atoms with E-state index < -0.39 is 18.0 Å². The van der Waals surface area contributed by atoms with Crippen LogP contribution >= 0.6 is 15.9 Å². The van der Waals surface area contributed by atoms with Gasteiger partial charge in [0.05, 0.1) is 37.6 Å². The molecule has 0 aromatic heterocycles. The van der Waals surface area contributed by atoms with E-state index in [0.717, 1.165) is 20.8 Å². The maximum Gasteiger partial charge on any atom is 0.258 e. The molecule has 0 saturated carbocycles. The molecule has 10 heteroatoms. The summed E-state index contributed by atoms with van der Waals surface area (Å²) in [6, 6.07) is 21.7. The second kappa shape index (κ2) is 13.0. The summed E-state index contributed by atoms with van der Waals surface area (Å²) in [5.74, 6) is -0.718. The molecule has 1 heterocycles. The summed E-state index contributed by atoms with van der Waals surface area (Å²) in [4.78, 5) is 56.9. The highest BCUT2D eigenvalue weighted by atomic mass is 79.9. The van der Waals surface area contributed by atoms with Crippen LogP contribution in [0.4, 0.5) is 11.4 Å². The van der Waals surface area contributed by atoms with Crippen LogP contribution in [0.5, 0.6) is 5.75 Å². The van der Waals surface area contributed by atoms with Gasteiger partial charge in [-0.2, -0.15) is 0 Å². The summed E-state index contributed by atoms with van der Waals surface area (Å²) in [5.41, 5.74) is 2.48. The third-order valence-electron chi connectivity index (χ3n) is 7.88. The second-order valence-electron chi connectivity index (χ2n) is 10.6. The number of rotatable bonds is 8. The number of halogens is 1. The molecule has 1 aliphatic heterocycles. The largest absolute Gasteiger partial charge is 0.496 e. The highest BCUT2D eigenvalue weighted by Gasteiger charge is 2.38. The number of benzene rings is 4. The monoisotopic (exact) mass is 656 g/mol. The van der Waals surface area contributed by atoms with Crippen molar-refractivity contribution >= 4 is 61.6 Å². The van der Waals surface area contributed by atoms with Crippen molar-refractivity contribution < 1.29 is 23.9 Å². The van der Waals surface area contributed by atoms with Gasteiger partial charge in [0.25, 0.3) is 11.8 Å². The molecule has 0 bridgehead atoms. The molecule has 0 radical (unpaired) electrons. The van der Waals surface area contributed by atoms with Crippen molar-refractivity contribution in [2.24, 2.45) is 0 Å². The van der Waals surface area contributed by atoms with Crippen LogP contribution in [-0.4, -0.2) is 56.3 Å². The van der Waals surface area contributed by atoms with Crippen molar-refractivity contribution in [1.29, 1.82) is 0 Å². The lowest BCUT2D eigenvalue weighted by atomic mass is 10.0. The summed E-state index contributed by atoms with van der Waals surface area (Å²) in [6.07, 6.45) is 0. The molecular formula is C34H33BrN4O5. The van der Waals surface area contributed by atoms with Crippen molar-refractivity contribution in [3.63, 3.8) is 0 Å². The summed E-state index contributed by atoms with van der Waals surface area (Å²) >= 11 is 3.54. The van der Waals surface area contributed by atoms with E-state index in [1.807, 2.05) is 30.3 Å². The summed E-state index contributed by atoms with van der Waals surface area (Å²) in [5, 5.41) is 7.63. The van der Waals surface area contributed by atoms with Gasteiger partial charge in [-0.3, -0.25) is 19.2 Å². The van der Waals surface area contributed by atoms with Gasteiger partial charge in [-0.15, -0.1) is 0 Å². The minimum absolute atomic E-state index is 0.114. The Balaban J connectivity index is 1.66. The number of Topliss-reactive ketones (excluding diaryl/α,β-unsaturated/α-hetero) is 1. The van der Waals surface area contributed by atoms with Gasteiger partial charge in [-0.1, -0.05) is 52.3 Å². The predicted octanol–water partition coefficient (Wildman–Crippen LogP) is 5.10. The first-order chi connectivity index (χ1) is 21.1. The Labute approximate surface area is 264 Å². The number of ketones is 1. The fraction of sp³-hybridized carbons (Fsp3) is 0.235. The third kappa shape index (κ3) is 6.09. The van der Waals surface area contributed by atoms with Crippen molar-refractivity contribution in [1.82, 2.24) is 10.6 Å². The number of ether oxygens (including phenoxy) is 1. The molecule has 0 fully saturated rings. The number of carbonyl (C=O) groups excluding carboxylic acids is 4. The molecule has 0 aliphatic carbocycles. The Kier molecular flexibility index (Phi) is 9.12. The van der Waals surface area contributed by atoms with Crippen LogP contribution in [0.15, 0.2) is 83.3 Å². The van der Waals surface area contributed by atoms with Gasteiger partial charge in [0.1, 0.15) is 11.8 Å². The van der Waals surface area contributed by atoms with Crippen LogP contribution in [0.1, 0.15) is 40.1 Å². The van der Waals surface area contributed by atoms with Crippen molar-refractivity contribution in [2.45, 2.75) is 32.5 Å². The van der Waals surface area contributed by atoms with Gasteiger partial charge in [0.2, 0.25) is 5.91 Å². The smallest absolute Gasteiger partial charge is 0.258 e. The van der Waals surface area contributed by atoms with E-state index in [4.69, 9.17) is 4.74 Å². The maximum absolute atomic E-state index is 14.5. The van der Waals surface area contributed by atoms with Crippen LogP contribution in [0.2, 0.25) is 0 Å². The summed E-state index contributed by atoms with van der Waals surface area (Å²) in [7, 11) is 3.24. The lowest BCUT2D eigenvalue weighted by Crippen LogP contribution is -2.55. The fourth-order valence-electron chi connectivity index (χ4n) is 5.36. The van der Waals surface area contributed by atoms with Gasteiger partial charge < -0.3 is 25.2 Å². The van der Waals surface area contributed by atoms with Crippen LogP contribution in [0.25, 0.3) is 10.8 Å². The number of likely N-dealkylation sites (N-methyl/N-ethyl adjacent to an activating group) is 1. The Hall–Kier alpha value is -4.54. The van der Waals surface area contributed by atoms with E-state index in [1.165, 1.54) is 11.8 Å². The molecule has 0 saturated heterocycles. The van der Waals surface area contributed by atoms with Crippen LogP contribution in [0.3, 0.4) is 0 Å². The average Bonchev–Trinajstić information content (AvgIpc) is 3.14. The SMILES string of the molecule is CNC(C)C(=O)NC1CN(C(=O)c2cccc(C(C)=O)c2)c2ccccc2N(Cc2c(OC)ccc3cc(Br)ccc23)C1=O. The topological polar surface area (TPSA) is 108 Å². The van der Waals surface area contributed by atoms with E-state index in [2.05, 4.69) is 26.6 Å². The average molecular weight is 658 g/mol. The van der Waals surface area contributed by atoms with Gasteiger partial charge in [0, 0.05) is 21.2 Å². The molecule has 1 aliphatic rings. The molecule has 9 nitrogen and oxygen atoms in total. The lowest BCUT2D eigenvalue weighted by molar-refractivity contribution is -0.128. The minimum Gasteiger partial charge on any atom is -0.496 e. The number of para-hydroxylation sites is 2. The van der Waals surface area contributed by atoms with E-state index in [1.54, 1.807) is 74.5 Å². The molecular weight excluding hydrogens is 624 g/mol. The van der Waals surface area contributed by atoms with E-state index in [9.17, 15) is 19.2 Å². The molecule has 226 valence electrons. The number of nitrogens with one attached hydrogen (secondary N) is 2. The number of hydrogen-bond donors (Lipinski definition) is 2. The second-order valence-corrected chi connectivity index (χ2v) is 11.6. The molecule has 2 unspecified atom stereocenters. The molecule has 4 aromatic rings. The van der Waals surface area contributed by atoms with Gasteiger partial charge in [0.15, 0.2) is 5.78 Å². The van der Waals surface area contributed by atoms with Crippen molar-refractivity contribution in [2.75, 3.05) is 30.5 Å². The zero-order chi connectivity index (χ0) is 31.5. The van der Waals surface area contributed by atoms with Crippen LogP contribution in [0, 0.1) is 0 Å². The predicted molar refractivity (Wildman–Crippen MR) is 174 cm³/mol. The summed E-state index contributed by atoms with van der Waals surface area (Å²) in [6.45, 7) is 3.14. The van der Waals surface area contributed by atoms with E-state index in [0.29, 0.717) is 28.3 Å². The number of anilines is 2. The van der Waals surface area contributed by atoms with Gasteiger partial charge >= 0.3 is 0 Å². The first-order valence-electron chi connectivity index (χ1n) is 14.2. The number of carbonyl (C=O) groups is 4. The fourth-order valence-corrected chi connectivity index (χ4v) is 5.74. The molecule has 3 amide bonds. The van der Waals surface area contributed by atoms with Crippen molar-refractivity contribution in [3.05, 3.63) is 100 Å². The molecule has 5 rings (SSSR count). The number of amides is 3. The highest BCUT2D eigenvalue weighted by molar-refractivity contribution is 9.10. The Morgan fingerprint density at radius 1 is 0.977 bits per heavy atom. The molecule has 2 atom stereocenters. The zero-order valence-corrected chi connectivity index (χ0v) is 26.5. The highest BCUT2D eigenvalue weighted by Crippen LogP contribution is 2.38. The van der Waals surface area contributed by atoms with Crippen LogP contribution in [-0.2, 0) is 16.1 Å². The Bertz CT molecular complexity index is 1770. The standard InChI is InChI=1S/C34H33BrN4O5/c1-20(36-3)32(41)37-28-19-39(33(42)24-9-7-8-22(16-24)21(2)40)30-11-6-5-10-29(30)38(34(28)43)18-27-26-14-13-25(35)17-23(26)12-15-31(27)44-4/h5-17,20,28,36H,18-19H2,1-4H3,(H,37,41). The molecule has 44 heavy (non-hydrogen) atoms. The van der Waals surface area contributed by atoms with Crippen molar-refractivity contribution in [3.8, 4) is 5.75 Å². The molecule has 4 aromatic carbocycles. The summed E-state index contributed by atoms with van der Waals surface area (Å²) < 4.78 is 6.66. The first-order valence-corrected chi connectivity index (χ1v) is 15.0. The Morgan fingerprint density at radius 3 is 2.41 bits per heavy atom. The van der Waals surface area contributed by atoms with Crippen LogP contribution < -0.4 is 25.2 Å². The quantitative estimate of drug-likeness (QED) is 0.256.